The first-order valence-electron chi connectivity index (χ1n) is 7.23. The molecule has 1 N–H and O–H groups in total. The number of nitrogens with one attached hydrogen (secondary N) is 1. The second kappa shape index (κ2) is 6.46. The molecule has 0 spiro atoms. The van der Waals surface area contributed by atoms with Gasteiger partial charge in [0.1, 0.15) is 5.75 Å². The Hall–Kier alpha value is -2.57. The zero-order valence-electron chi connectivity index (χ0n) is 12.4. The van der Waals surface area contributed by atoms with E-state index in [4.69, 9.17) is 9.15 Å². The number of carbonyl (C=O) groups excluding carboxylic acids is 1. The number of nitrogens with zero attached hydrogens (tertiary/aromatic N) is 3. The van der Waals surface area contributed by atoms with Gasteiger partial charge in [-0.15, -0.1) is 5.10 Å². The van der Waals surface area contributed by atoms with Gasteiger partial charge in [0, 0.05) is 26.1 Å². The number of anilines is 1. The first-order valence-corrected chi connectivity index (χ1v) is 7.23. The molecule has 1 saturated heterocycles. The highest BCUT2D eigenvalue weighted by Gasteiger charge is 2.27. The third-order valence-corrected chi connectivity index (χ3v) is 3.50. The van der Waals surface area contributed by atoms with Crippen LogP contribution >= 0.6 is 0 Å². The Kier molecular flexibility index (Phi) is 4.22. The minimum atomic E-state index is -0.0186. The zero-order chi connectivity index (χ0) is 15.4. The van der Waals surface area contributed by atoms with Crippen LogP contribution in [-0.4, -0.2) is 46.7 Å². The van der Waals surface area contributed by atoms with Crippen molar-refractivity contribution in [3.05, 3.63) is 36.2 Å². The molecule has 1 unspecified atom stereocenters. The number of hydrogen-bond donors (Lipinski definition) is 1. The maximum atomic E-state index is 12.1. The second-order valence-corrected chi connectivity index (χ2v) is 5.20. The molecule has 7 heteroatoms. The Bertz CT molecular complexity index is 629. The molecule has 22 heavy (non-hydrogen) atoms. The van der Waals surface area contributed by atoms with Gasteiger partial charge in [0.2, 0.25) is 5.89 Å². The van der Waals surface area contributed by atoms with E-state index in [1.165, 1.54) is 0 Å². The van der Waals surface area contributed by atoms with Crippen molar-refractivity contribution in [1.82, 2.24) is 15.1 Å². The predicted octanol–water partition coefficient (Wildman–Crippen LogP) is 1.47. The highest BCUT2D eigenvalue weighted by molar-refractivity contribution is 5.78. The molecule has 1 aromatic carbocycles. The van der Waals surface area contributed by atoms with Gasteiger partial charge in [-0.1, -0.05) is 23.3 Å². The normalized spacial score (nSPS) is 17.5. The smallest absolute Gasteiger partial charge is 0.315 e. The molecule has 1 amide bonds. The van der Waals surface area contributed by atoms with E-state index in [-0.39, 0.29) is 18.6 Å². The minimum Gasteiger partial charge on any atom is -0.484 e. The summed E-state index contributed by atoms with van der Waals surface area (Å²) in [4.78, 5) is 13.9. The van der Waals surface area contributed by atoms with Gasteiger partial charge in [-0.05, 0) is 18.6 Å². The van der Waals surface area contributed by atoms with Crippen molar-refractivity contribution in [2.45, 2.75) is 19.4 Å². The van der Waals surface area contributed by atoms with Crippen LogP contribution in [0.4, 0.5) is 6.01 Å². The summed E-state index contributed by atoms with van der Waals surface area (Å²) < 4.78 is 10.8. The largest absolute Gasteiger partial charge is 0.484 e. The second-order valence-electron chi connectivity index (χ2n) is 5.20. The summed E-state index contributed by atoms with van der Waals surface area (Å²) >= 11 is 0. The predicted molar refractivity (Wildman–Crippen MR) is 79.6 cm³/mol. The third-order valence-electron chi connectivity index (χ3n) is 3.50. The van der Waals surface area contributed by atoms with Crippen molar-refractivity contribution >= 4 is 11.9 Å². The van der Waals surface area contributed by atoms with E-state index in [2.05, 4.69) is 15.5 Å². The Labute approximate surface area is 128 Å². The number of rotatable bonds is 5. The lowest BCUT2D eigenvalue weighted by Crippen LogP contribution is -2.35. The van der Waals surface area contributed by atoms with Crippen LogP contribution in [0.1, 0.15) is 12.3 Å². The summed E-state index contributed by atoms with van der Waals surface area (Å²) in [6.07, 6.45) is 0.846. The zero-order valence-corrected chi connectivity index (χ0v) is 12.4. The molecule has 1 aromatic heterocycles. The van der Waals surface area contributed by atoms with Gasteiger partial charge in [0.25, 0.3) is 5.91 Å². The number of carbonyl (C=O) groups is 1. The molecule has 1 fully saturated rings. The van der Waals surface area contributed by atoms with Crippen molar-refractivity contribution in [2.24, 2.45) is 0 Å². The van der Waals surface area contributed by atoms with E-state index in [0.29, 0.717) is 30.7 Å². The Morgan fingerprint density at radius 2 is 2.23 bits per heavy atom. The van der Waals surface area contributed by atoms with E-state index >= 15 is 0 Å². The lowest BCUT2D eigenvalue weighted by molar-refractivity contribution is -0.132. The van der Waals surface area contributed by atoms with E-state index in [9.17, 15) is 4.79 Å². The maximum absolute atomic E-state index is 12.1. The molecule has 0 aliphatic carbocycles. The summed E-state index contributed by atoms with van der Waals surface area (Å²) in [5.74, 6) is 1.20. The lowest BCUT2D eigenvalue weighted by Gasteiger charge is -2.17. The molecule has 7 nitrogen and oxygen atoms in total. The fourth-order valence-corrected chi connectivity index (χ4v) is 2.39. The van der Waals surface area contributed by atoms with Gasteiger partial charge in [-0.3, -0.25) is 4.79 Å². The molecule has 0 saturated carbocycles. The summed E-state index contributed by atoms with van der Waals surface area (Å²) in [5.41, 5.74) is 0. The van der Waals surface area contributed by atoms with Crippen LogP contribution < -0.4 is 10.1 Å². The topological polar surface area (TPSA) is 80.5 Å². The van der Waals surface area contributed by atoms with Crippen LogP contribution in [0.15, 0.2) is 34.7 Å². The average Bonchev–Trinajstić information content (AvgIpc) is 3.16. The fourth-order valence-electron chi connectivity index (χ4n) is 2.39. The third kappa shape index (κ3) is 3.55. The molecular formula is C15H18N4O3. The molecule has 3 rings (SSSR count). The molecule has 2 aromatic rings. The minimum absolute atomic E-state index is 0.0186. The van der Waals surface area contributed by atoms with Crippen LogP contribution in [0, 0.1) is 6.92 Å². The quantitative estimate of drug-likeness (QED) is 0.901. The van der Waals surface area contributed by atoms with Gasteiger partial charge in [0.05, 0.1) is 0 Å². The standard InChI is InChI=1S/C15H18N4O3/c1-11-17-18-15(22-11)16-12-7-8-19(9-12)14(20)10-21-13-5-3-2-4-6-13/h2-6,12H,7-10H2,1H3,(H,16,18). The van der Waals surface area contributed by atoms with E-state index < -0.39 is 0 Å². The molecule has 1 aliphatic rings. The number of benzene rings is 1. The highest BCUT2D eigenvalue weighted by atomic mass is 16.5. The van der Waals surface area contributed by atoms with Crippen LogP contribution in [0.2, 0.25) is 0 Å². The van der Waals surface area contributed by atoms with Gasteiger partial charge in [-0.2, -0.15) is 0 Å². The van der Waals surface area contributed by atoms with Crippen molar-refractivity contribution in [3.63, 3.8) is 0 Å². The Balaban J connectivity index is 1.46. The SMILES string of the molecule is Cc1nnc(NC2CCN(C(=O)COc3ccccc3)C2)o1. The number of likely N-dealkylation sites (tertiary alicyclic amines) is 1. The highest BCUT2D eigenvalue weighted by Crippen LogP contribution is 2.15. The van der Waals surface area contributed by atoms with Crippen molar-refractivity contribution < 1.29 is 13.9 Å². The molecule has 2 heterocycles. The van der Waals surface area contributed by atoms with E-state index in [1.807, 2.05) is 30.3 Å². The van der Waals surface area contributed by atoms with Crippen molar-refractivity contribution in [3.8, 4) is 5.75 Å². The summed E-state index contributed by atoms with van der Waals surface area (Å²) in [6.45, 7) is 3.10. The molecule has 0 radical (unpaired) electrons. The fraction of sp³-hybridized carbons (Fsp3) is 0.400. The first-order chi connectivity index (χ1) is 10.7. The summed E-state index contributed by atoms with van der Waals surface area (Å²) in [7, 11) is 0. The first kappa shape index (κ1) is 14.4. The Morgan fingerprint density at radius 3 is 2.95 bits per heavy atom. The number of para-hydroxylation sites is 1. The number of aryl methyl sites for hydroxylation is 1. The van der Waals surface area contributed by atoms with Gasteiger partial charge < -0.3 is 19.4 Å². The average molecular weight is 302 g/mol. The number of hydrogen-bond acceptors (Lipinski definition) is 6. The van der Waals surface area contributed by atoms with Gasteiger partial charge in [-0.25, -0.2) is 0 Å². The van der Waals surface area contributed by atoms with Crippen LogP contribution in [0.3, 0.4) is 0 Å². The van der Waals surface area contributed by atoms with E-state index in [0.717, 1.165) is 6.42 Å². The van der Waals surface area contributed by atoms with E-state index in [1.54, 1.807) is 11.8 Å². The van der Waals surface area contributed by atoms with Crippen LogP contribution in [-0.2, 0) is 4.79 Å². The van der Waals surface area contributed by atoms with Gasteiger partial charge in [0.15, 0.2) is 6.61 Å². The van der Waals surface area contributed by atoms with Gasteiger partial charge >= 0.3 is 6.01 Å². The molecule has 1 atom stereocenters. The number of amides is 1. The number of ether oxygens (including phenoxy) is 1. The monoisotopic (exact) mass is 302 g/mol. The van der Waals surface area contributed by atoms with Crippen molar-refractivity contribution in [1.29, 1.82) is 0 Å². The molecule has 1 aliphatic heterocycles. The van der Waals surface area contributed by atoms with Crippen molar-refractivity contribution in [2.75, 3.05) is 25.0 Å². The Morgan fingerprint density at radius 1 is 1.41 bits per heavy atom. The number of aromatic nitrogens is 2. The van der Waals surface area contributed by atoms with Crippen LogP contribution in [0.5, 0.6) is 5.75 Å². The molecule has 116 valence electrons. The lowest BCUT2D eigenvalue weighted by atomic mass is 10.3. The van der Waals surface area contributed by atoms with Crippen LogP contribution in [0.25, 0.3) is 0 Å². The summed E-state index contributed by atoms with van der Waals surface area (Å²) in [5, 5.41) is 10.8. The molecular weight excluding hydrogens is 284 g/mol. The maximum Gasteiger partial charge on any atom is 0.315 e. The molecule has 0 bridgehead atoms. The summed E-state index contributed by atoms with van der Waals surface area (Å²) in [6, 6.07) is 9.85.